The molecular weight excluding hydrogens is 269 g/mol. The first-order chi connectivity index (χ1) is 10.1. The molecule has 0 bridgehead atoms. The second kappa shape index (κ2) is 7.14. The Morgan fingerprint density at radius 2 is 1.76 bits per heavy atom. The molecule has 0 heterocycles. The molecule has 0 spiro atoms. The summed E-state index contributed by atoms with van der Waals surface area (Å²) < 4.78 is 12.8. The highest BCUT2D eigenvalue weighted by Gasteiger charge is 2.01. The quantitative estimate of drug-likeness (QED) is 0.370. The van der Waals surface area contributed by atoms with Gasteiger partial charge in [0.25, 0.3) is 0 Å². The van der Waals surface area contributed by atoms with Gasteiger partial charge in [0, 0.05) is 6.08 Å². The fraction of sp³-hybridized carbons (Fsp3) is 0.0588. The number of benzene rings is 2. The molecule has 0 saturated heterocycles. The molecule has 21 heavy (non-hydrogen) atoms. The van der Waals surface area contributed by atoms with Crippen LogP contribution in [-0.2, 0) is 9.63 Å². The zero-order valence-electron chi connectivity index (χ0n) is 11.5. The summed E-state index contributed by atoms with van der Waals surface area (Å²) in [4.78, 5) is 16.3. The van der Waals surface area contributed by atoms with Gasteiger partial charge >= 0.3 is 5.97 Å². The van der Waals surface area contributed by atoms with Gasteiger partial charge < -0.3 is 4.84 Å². The summed E-state index contributed by atoms with van der Waals surface area (Å²) in [5, 5.41) is 3.73. The third-order valence-corrected chi connectivity index (χ3v) is 2.75. The topological polar surface area (TPSA) is 38.7 Å². The molecule has 2 aromatic carbocycles. The van der Waals surface area contributed by atoms with E-state index in [-0.39, 0.29) is 5.82 Å². The Hall–Kier alpha value is -2.75. The van der Waals surface area contributed by atoms with Crippen molar-refractivity contribution in [3.8, 4) is 0 Å². The van der Waals surface area contributed by atoms with Gasteiger partial charge in [0.05, 0.1) is 5.71 Å². The van der Waals surface area contributed by atoms with E-state index in [9.17, 15) is 9.18 Å². The molecule has 0 radical (unpaired) electrons. The normalized spacial score (nSPS) is 11.6. The third-order valence-electron chi connectivity index (χ3n) is 2.75. The molecule has 0 N–H and O–H groups in total. The Morgan fingerprint density at radius 1 is 1.10 bits per heavy atom. The number of halogens is 1. The molecule has 0 aliphatic carbocycles. The number of oxime groups is 1. The van der Waals surface area contributed by atoms with Crippen LogP contribution < -0.4 is 0 Å². The molecule has 4 heteroatoms. The van der Waals surface area contributed by atoms with E-state index in [1.165, 1.54) is 18.2 Å². The Labute approximate surface area is 122 Å². The summed E-state index contributed by atoms with van der Waals surface area (Å²) in [6.45, 7) is 1.68. The maximum absolute atomic E-state index is 12.8. The highest BCUT2D eigenvalue weighted by molar-refractivity contribution is 5.99. The fourth-order valence-corrected chi connectivity index (χ4v) is 1.62. The van der Waals surface area contributed by atoms with E-state index in [0.717, 1.165) is 5.56 Å². The first kappa shape index (κ1) is 14.7. The van der Waals surface area contributed by atoms with Gasteiger partial charge in [0.2, 0.25) is 0 Å². The van der Waals surface area contributed by atoms with Crippen LogP contribution in [0.25, 0.3) is 6.08 Å². The molecule has 0 atom stereocenters. The minimum atomic E-state index is -0.569. The average molecular weight is 283 g/mol. The molecule has 106 valence electrons. The number of hydrogen-bond acceptors (Lipinski definition) is 3. The van der Waals surface area contributed by atoms with Crippen molar-refractivity contribution in [3.05, 3.63) is 77.6 Å². The van der Waals surface area contributed by atoms with Crippen LogP contribution in [0.1, 0.15) is 18.1 Å². The average Bonchev–Trinajstić information content (AvgIpc) is 2.52. The van der Waals surface area contributed by atoms with Crippen molar-refractivity contribution in [3.63, 3.8) is 0 Å². The molecule has 0 aliphatic rings. The van der Waals surface area contributed by atoms with Gasteiger partial charge in [-0.3, -0.25) is 0 Å². The lowest BCUT2D eigenvalue weighted by Crippen LogP contribution is -2.00. The van der Waals surface area contributed by atoms with Crippen molar-refractivity contribution in [2.24, 2.45) is 5.16 Å². The maximum Gasteiger partial charge on any atom is 0.358 e. The van der Waals surface area contributed by atoms with Gasteiger partial charge in [-0.15, -0.1) is 0 Å². The van der Waals surface area contributed by atoms with Crippen LogP contribution in [0.2, 0.25) is 0 Å². The summed E-state index contributed by atoms with van der Waals surface area (Å²) in [5.74, 6) is -0.894. The summed E-state index contributed by atoms with van der Waals surface area (Å²) in [5.41, 5.74) is 2.08. The molecule has 2 aromatic rings. The summed E-state index contributed by atoms with van der Waals surface area (Å²) in [6.07, 6.45) is 2.95. The van der Waals surface area contributed by atoms with E-state index in [1.807, 2.05) is 30.3 Å². The first-order valence-corrected chi connectivity index (χ1v) is 6.40. The van der Waals surface area contributed by atoms with Crippen LogP contribution in [0.3, 0.4) is 0 Å². The minimum Gasteiger partial charge on any atom is -0.313 e. The summed E-state index contributed by atoms with van der Waals surface area (Å²) in [6, 6.07) is 15.2. The predicted octanol–water partition coefficient (Wildman–Crippen LogP) is 3.81. The Morgan fingerprint density at radius 3 is 2.43 bits per heavy atom. The standard InChI is InChI=1S/C17H14FNO2/c1-13(15-8-10-16(18)11-9-15)19-21-17(20)12-7-14-5-3-2-4-6-14/h2-12H,1H3/b12-7+,19-13-. The molecule has 0 fully saturated rings. The minimum absolute atomic E-state index is 0.325. The van der Waals surface area contributed by atoms with E-state index in [0.29, 0.717) is 11.3 Å². The predicted molar refractivity (Wildman–Crippen MR) is 80.2 cm³/mol. The highest BCUT2D eigenvalue weighted by atomic mass is 19.1. The lowest BCUT2D eigenvalue weighted by Gasteiger charge is -1.99. The van der Waals surface area contributed by atoms with Gasteiger partial charge in [0.1, 0.15) is 5.82 Å². The maximum atomic E-state index is 12.8. The number of nitrogens with zero attached hydrogens (tertiary/aromatic N) is 1. The van der Waals surface area contributed by atoms with Gasteiger partial charge in [-0.2, -0.15) is 0 Å². The van der Waals surface area contributed by atoms with E-state index in [1.54, 1.807) is 25.1 Å². The van der Waals surface area contributed by atoms with Crippen LogP contribution in [0, 0.1) is 5.82 Å². The molecule has 0 aliphatic heterocycles. The van der Waals surface area contributed by atoms with Crippen molar-refractivity contribution < 1.29 is 14.0 Å². The monoisotopic (exact) mass is 283 g/mol. The van der Waals surface area contributed by atoms with Crippen molar-refractivity contribution in [1.29, 1.82) is 0 Å². The molecule has 0 saturated carbocycles. The molecule has 0 amide bonds. The van der Waals surface area contributed by atoms with Gasteiger partial charge in [-0.05, 0) is 36.3 Å². The zero-order chi connectivity index (χ0) is 15.1. The number of rotatable bonds is 4. The van der Waals surface area contributed by atoms with Crippen LogP contribution >= 0.6 is 0 Å². The SMILES string of the molecule is C/C(=N/OC(=O)/C=C/c1ccccc1)c1ccc(F)cc1. The van der Waals surface area contributed by atoms with E-state index in [4.69, 9.17) is 4.84 Å². The second-order valence-corrected chi connectivity index (χ2v) is 4.34. The fourth-order valence-electron chi connectivity index (χ4n) is 1.62. The van der Waals surface area contributed by atoms with Crippen LogP contribution in [-0.4, -0.2) is 11.7 Å². The molecule has 3 nitrogen and oxygen atoms in total. The smallest absolute Gasteiger partial charge is 0.313 e. The van der Waals surface area contributed by atoms with Crippen molar-refractivity contribution >= 4 is 17.8 Å². The Bertz CT molecular complexity index is 661. The lowest BCUT2D eigenvalue weighted by atomic mass is 10.1. The largest absolute Gasteiger partial charge is 0.358 e. The molecule has 2 rings (SSSR count). The number of carbonyl (C=O) groups is 1. The summed E-state index contributed by atoms with van der Waals surface area (Å²) in [7, 11) is 0. The van der Waals surface area contributed by atoms with Crippen LogP contribution in [0.15, 0.2) is 65.8 Å². The first-order valence-electron chi connectivity index (χ1n) is 6.40. The second-order valence-electron chi connectivity index (χ2n) is 4.34. The van der Waals surface area contributed by atoms with Crippen molar-refractivity contribution in [2.45, 2.75) is 6.92 Å². The molecular formula is C17H14FNO2. The molecule has 0 aromatic heterocycles. The zero-order valence-corrected chi connectivity index (χ0v) is 11.5. The number of hydrogen-bond donors (Lipinski definition) is 0. The van der Waals surface area contributed by atoms with Crippen molar-refractivity contribution in [2.75, 3.05) is 0 Å². The van der Waals surface area contributed by atoms with Gasteiger partial charge in [-0.25, -0.2) is 9.18 Å². The summed E-state index contributed by atoms with van der Waals surface area (Å²) >= 11 is 0. The van der Waals surface area contributed by atoms with Crippen molar-refractivity contribution in [1.82, 2.24) is 0 Å². The lowest BCUT2D eigenvalue weighted by molar-refractivity contribution is -0.137. The Balaban J connectivity index is 1.95. The number of carbonyl (C=O) groups excluding carboxylic acids is 1. The third kappa shape index (κ3) is 4.69. The van der Waals surface area contributed by atoms with Gasteiger partial charge in [-0.1, -0.05) is 47.6 Å². The van der Waals surface area contributed by atoms with E-state index < -0.39 is 5.97 Å². The van der Waals surface area contributed by atoms with Crippen LogP contribution in [0.5, 0.6) is 0 Å². The van der Waals surface area contributed by atoms with E-state index >= 15 is 0 Å². The van der Waals surface area contributed by atoms with E-state index in [2.05, 4.69) is 5.16 Å². The molecule has 0 unspecified atom stereocenters. The highest BCUT2D eigenvalue weighted by Crippen LogP contribution is 2.05. The van der Waals surface area contributed by atoms with Gasteiger partial charge in [0.15, 0.2) is 0 Å². The Kier molecular flexibility index (Phi) is 4.99. The van der Waals surface area contributed by atoms with Crippen LogP contribution in [0.4, 0.5) is 4.39 Å².